The van der Waals surface area contributed by atoms with Gasteiger partial charge >= 0.3 is 0 Å². The number of nitrogens with zero attached hydrogens (tertiary/aromatic N) is 6. The van der Waals surface area contributed by atoms with E-state index in [4.69, 9.17) is 14.5 Å². The van der Waals surface area contributed by atoms with Crippen LogP contribution in [0.5, 0.6) is 11.5 Å². The van der Waals surface area contributed by atoms with Gasteiger partial charge in [0.1, 0.15) is 11.5 Å². The van der Waals surface area contributed by atoms with Crippen LogP contribution in [0.25, 0.3) is 11.5 Å². The molecule has 4 rings (SSSR count). The van der Waals surface area contributed by atoms with Gasteiger partial charge < -0.3 is 14.4 Å². The summed E-state index contributed by atoms with van der Waals surface area (Å²) in [5, 5.41) is 0. The lowest BCUT2D eigenvalue weighted by atomic mass is 9.92. The molecule has 0 amide bonds. The Morgan fingerprint density at radius 2 is 1.88 bits per heavy atom. The van der Waals surface area contributed by atoms with Gasteiger partial charge in [-0.25, -0.2) is 15.0 Å². The molecule has 0 unspecified atom stereocenters. The highest BCUT2D eigenvalue weighted by atomic mass is 16.5. The molecule has 0 atom stereocenters. The molecule has 0 radical (unpaired) electrons. The van der Waals surface area contributed by atoms with E-state index >= 15 is 0 Å². The van der Waals surface area contributed by atoms with Crippen LogP contribution < -0.4 is 14.4 Å². The first kappa shape index (κ1) is 22.9. The number of aromatic nitrogens is 4. The molecule has 0 bridgehead atoms. The standard InChI is InChI=1S/C25H32N6O2/c1-5-33-22-7-6-18(14-23(22)32-4)17-31-12-8-19(9-13-31)20-15-24(30(2)3)29-25(28-20)21-16-26-10-11-27-21/h6-7,10-11,14-16,19H,5,8-9,12-13,17H2,1-4H3. The highest BCUT2D eigenvalue weighted by molar-refractivity contribution is 5.52. The second-order valence-corrected chi connectivity index (χ2v) is 8.43. The van der Waals surface area contributed by atoms with Gasteiger partial charge in [-0.2, -0.15) is 0 Å². The molecule has 1 aromatic carbocycles. The van der Waals surface area contributed by atoms with Crippen molar-refractivity contribution in [2.45, 2.75) is 32.2 Å². The zero-order chi connectivity index (χ0) is 23.2. The molecule has 1 aliphatic heterocycles. The summed E-state index contributed by atoms with van der Waals surface area (Å²) in [6.45, 7) is 5.53. The van der Waals surface area contributed by atoms with Crippen molar-refractivity contribution in [3.05, 3.63) is 54.1 Å². The Bertz CT molecular complexity index is 1050. The summed E-state index contributed by atoms with van der Waals surface area (Å²) in [5.74, 6) is 3.51. The number of likely N-dealkylation sites (tertiary alicyclic amines) is 1. The maximum atomic E-state index is 5.64. The van der Waals surface area contributed by atoms with E-state index in [1.54, 1.807) is 25.7 Å². The molecule has 1 fully saturated rings. The molecule has 2 aromatic heterocycles. The number of hydrogen-bond donors (Lipinski definition) is 0. The first-order valence-corrected chi connectivity index (χ1v) is 11.4. The summed E-state index contributed by atoms with van der Waals surface area (Å²) in [5.41, 5.74) is 3.01. The molecule has 8 heteroatoms. The van der Waals surface area contributed by atoms with Gasteiger partial charge in [0, 0.05) is 50.7 Å². The summed E-state index contributed by atoms with van der Waals surface area (Å²) in [6.07, 6.45) is 7.16. The van der Waals surface area contributed by atoms with Crippen LogP contribution in [0.3, 0.4) is 0 Å². The Morgan fingerprint density at radius 1 is 1.06 bits per heavy atom. The minimum Gasteiger partial charge on any atom is -0.493 e. The van der Waals surface area contributed by atoms with Crippen molar-refractivity contribution in [2.75, 3.05) is 45.8 Å². The second-order valence-electron chi connectivity index (χ2n) is 8.43. The van der Waals surface area contributed by atoms with Crippen molar-refractivity contribution in [3.63, 3.8) is 0 Å². The van der Waals surface area contributed by atoms with Crippen LogP contribution in [0, 0.1) is 0 Å². The van der Waals surface area contributed by atoms with Gasteiger partial charge in [0.2, 0.25) is 0 Å². The maximum Gasteiger partial charge on any atom is 0.182 e. The lowest BCUT2D eigenvalue weighted by Gasteiger charge is -2.32. The van der Waals surface area contributed by atoms with Gasteiger partial charge in [-0.1, -0.05) is 6.07 Å². The van der Waals surface area contributed by atoms with Crippen molar-refractivity contribution in [3.8, 4) is 23.0 Å². The van der Waals surface area contributed by atoms with E-state index in [0.717, 1.165) is 55.5 Å². The number of benzene rings is 1. The summed E-state index contributed by atoms with van der Waals surface area (Å²) < 4.78 is 11.2. The van der Waals surface area contributed by atoms with Crippen molar-refractivity contribution >= 4 is 5.82 Å². The predicted molar refractivity (Wildman–Crippen MR) is 129 cm³/mol. The molecule has 3 heterocycles. The predicted octanol–water partition coefficient (Wildman–Crippen LogP) is 3.79. The molecule has 0 aliphatic carbocycles. The van der Waals surface area contributed by atoms with E-state index in [1.807, 2.05) is 32.0 Å². The third-order valence-electron chi connectivity index (χ3n) is 5.92. The lowest BCUT2D eigenvalue weighted by Crippen LogP contribution is -2.32. The molecule has 8 nitrogen and oxygen atoms in total. The van der Waals surface area contributed by atoms with Crippen LogP contribution in [0.1, 0.15) is 36.9 Å². The second kappa shape index (κ2) is 10.6. The first-order valence-electron chi connectivity index (χ1n) is 11.4. The molecule has 0 saturated carbocycles. The normalized spacial score (nSPS) is 14.8. The number of rotatable bonds is 8. The van der Waals surface area contributed by atoms with Crippen LogP contribution in [-0.4, -0.2) is 65.7 Å². The number of hydrogen-bond acceptors (Lipinski definition) is 8. The zero-order valence-corrected chi connectivity index (χ0v) is 19.9. The van der Waals surface area contributed by atoms with E-state index in [-0.39, 0.29) is 0 Å². The van der Waals surface area contributed by atoms with Gasteiger partial charge in [0.25, 0.3) is 0 Å². The Labute approximate surface area is 195 Å². The fourth-order valence-electron chi connectivity index (χ4n) is 4.15. The quantitative estimate of drug-likeness (QED) is 0.515. The van der Waals surface area contributed by atoms with Gasteiger partial charge in [-0.05, 0) is 50.6 Å². The van der Waals surface area contributed by atoms with E-state index < -0.39 is 0 Å². The Hall–Kier alpha value is -3.26. The molecule has 1 saturated heterocycles. The van der Waals surface area contributed by atoms with Crippen LogP contribution in [0.15, 0.2) is 42.9 Å². The summed E-state index contributed by atoms with van der Waals surface area (Å²) in [4.78, 5) is 22.6. The van der Waals surface area contributed by atoms with Gasteiger partial charge in [-0.15, -0.1) is 0 Å². The highest BCUT2D eigenvalue weighted by Gasteiger charge is 2.24. The fraction of sp³-hybridized carbons (Fsp3) is 0.440. The lowest BCUT2D eigenvalue weighted by molar-refractivity contribution is 0.203. The third-order valence-corrected chi connectivity index (χ3v) is 5.92. The number of methoxy groups -OCH3 is 1. The van der Waals surface area contributed by atoms with Crippen molar-refractivity contribution < 1.29 is 9.47 Å². The van der Waals surface area contributed by atoms with Crippen LogP contribution in [0.2, 0.25) is 0 Å². The van der Waals surface area contributed by atoms with Gasteiger partial charge in [0.15, 0.2) is 17.3 Å². The topological polar surface area (TPSA) is 76.5 Å². The smallest absolute Gasteiger partial charge is 0.182 e. The molecule has 174 valence electrons. The average Bonchev–Trinajstić information content (AvgIpc) is 2.85. The average molecular weight is 449 g/mol. The first-order chi connectivity index (χ1) is 16.1. The van der Waals surface area contributed by atoms with Crippen molar-refractivity contribution in [2.24, 2.45) is 0 Å². The van der Waals surface area contributed by atoms with Crippen LogP contribution in [-0.2, 0) is 6.54 Å². The van der Waals surface area contributed by atoms with Gasteiger partial charge in [-0.3, -0.25) is 9.88 Å². The van der Waals surface area contributed by atoms with Crippen LogP contribution in [0.4, 0.5) is 5.82 Å². The summed E-state index contributed by atoms with van der Waals surface area (Å²) >= 11 is 0. The van der Waals surface area contributed by atoms with E-state index in [9.17, 15) is 0 Å². The van der Waals surface area contributed by atoms with E-state index in [1.165, 1.54) is 5.56 Å². The zero-order valence-electron chi connectivity index (χ0n) is 19.9. The van der Waals surface area contributed by atoms with Gasteiger partial charge in [0.05, 0.1) is 19.9 Å². The third kappa shape index (κ3) is 5.57. The Balaban J connectivity index is 1.45. The largest absolute Gasteiger partial charge is 0.493 e. The molecule has 0 N–H and O–H groups in total. The molecule has 0 spiro atoms. The maximum absolute atomic E-state index is 5.64. The molecule has 33 heavy (non-hydrogen) atoms. The number of ether oxygens (including phenoxy) is 2. The molecular formula is C25H32N6O2. The van der Waals surface area contributed by atoms with Crippen LogP contribution >= 0.6 is 0 Å². The molecule has 1 aliphatic rings. The molecule has 3 aromatic rings. The van der Waals surface area contributed by atoms with Crippen molar-refractivity contribution in [1.82, 2.24) is 24.8 Å². The molecular weight excluding hydrogens is 416 g/mol. The van der Waals surface area contributed by atoms with E-state index in [0.29, 0.717) is 24.0 Å². The minimum atomic E-state index is 0.397. The number of piperidine rings is 1. The number of anilines is 1. The minimum absolute atomic E-state index is 0.397. The fourth-order valence-corrected chi connectivity index (χ4v) is 4.15. The highest BCUT2D eigenvalue weighted by Crippen LogP contribution is 2.32. The monoisotopic (exact) mass is 448 g/mol. The SMILES string of the molecule is CCOc1ccc(CN2CCC(c3cc(N(C)C)nc(-c4cnccn4)n3)CC2)cc1OC. The summed E-state index contributed by atoms with van der Waals surface area (Å²) in [6, 6.07) is 8.32. The van der Waals surface area contributed by atoms with Crippen molar-refractivity contribution in [1.29, 1.82) is 0 Å². The summed E-state index contributed by atoms with van der Waals surface area (Å²) in [7, 11) is 5.69. The Morgan fingerprint density at radius 3 is 2.55 bits per heavy atom. The Kier molecular flexibility index (Phi) is 7.34. The van der Waals surface area contributed by atoms with E-state index in [2.05, 4.69) is 38.1 Å².